The Balaban J connectivity index is 2.27. The van der Waals surface area contributed by atoms with Gasteiger partial charge in [0.2, 0.25) is 11.8 Å². The molecule has 0 heterocycles. The molecule has 0 fully saturated rings. The topological polar surface area (TPSA) is 67.9 Å². The summed E-state index contributed by atoms with van der Waals surface area (Å²) in [5.74, 6) is 1.11. The first kappa shape index (κ1) is 26.2. The van der Waals surface area contributed by atoms with E-state index in [1.807, 2.05) is 77.1 Å². The summed E-state index contributed by atoms with van der Waals surface area (Å²) < 4.78 is 10.7. The van der Waals surface area contributed by atoms with Gasteiger partial charge in [0.05, 0.1) is 14.2 Å². The molecule has 2 rings (SSSR count). The van der Waals surface area contributed by atoms with Gasteiger partial charge < -0.3 is 19.7 Å². The number of rotatable bonds is 10. The van der Waals surface area contributed by atoms with E-state index in [9.17, 15) is 9.59 Å². The number of amides is 2. The summed E-state index contributed by atoms with van der Waals surface area (Å²) in [6.45, 7) is 10.2. The van der Waals surface area contributed by atoms with Gasteiger partial charge in [-0.25, -0.2) is 0 Å². The number of carbonyl (C=O) groups is 2. The van der Waals surface area contributed by atoms with E-state index in [1.54, 1.807) is 19.1 Å². The van der Waals surface area contributed by atoms with E-state index in [-0.39, 0.29) is 17.4 Å². The van der Waals surface area contributed by atoms with E-state index in [1.165, 1.54) is 0 Å². The molecule has 180 valence electrons. The molecule has 0 aliphatic rings. The van der Waals surface area contributed by atoms with Crippen molar-refractivity contribution in [3.8, 4) is 11.5 Å². The van der Waals surface area contributed by atoms with Gasteiger partial charge in [0, 0.05) is 18.5 Å². The van der Waals surface area contributed by atoms with Gasteiger partial charge in [-0.15, -0.1) is 0 Å². The second kappa shape index (κ2) is 11.7. The predicted molar refractivity (Wildman–Crippen MR) is 132 cm³/mol. The van der Waals surface area contributed by atoms with E-state index < -0.39 is 6.04 Å². The Bertz CT molecular complexity index is 949. The van der Waals surface area contributed by atoms with Crippen LogP contribution in [0.4, 0.5) is 0 Å². The summed E-state index contributed by atoms with van der Waals surface area (Å²) >= 11 is 0. The third kappa shape index (κ3) is 7.52. The SMILES string of the molecule is CC[C@H](C(=O)NC(C)(C)C)N(Cc1ccccc1C)C(=O)CCc1ccc(OC)c(OC)c1. The van der Waals surface area contributed by atoms with Gasteiger partial charge >= 0.3 is 0 Å². The molecule has 0 saturated heterocycles. The van der Waals surface area contributed by atoms with Crippen LogP contribution in [0.15, 0.2) is 42.5 Å². The minimum absolute atomic E-state index is 0.0519. The molecular formula is C27H38N2O4. The molecule has 0 saturated carbocycles. The van der Waals surface area contributed by atoms with Crippen molar-refractivity contribution in [1.82, 2.24) is 10.2 Å². The van der Waals surface area contributed by atoms with Gasteiger partial charge in [-0.1, -0.05) is 37.3 Å². The molecule has 0 aliphatic carbocycles. The molecule has 0 unspecified atom stereocenters. The van der Waals surface area contributed by atoms with Gasteiger partial charge in [0.15, 0.2) is 11.5 Å². The Morgan fingerprint density at radius 2 is 1.70 bits per heavy atom. The van der Waals surface area contributed by atoms with Gasteiger partial charge in [-0.3, -0.25) is 9.59 Å². The highest BCUT2D eigenvalue weighted by Crippen LogP contribution is 2.28. The Morgan fingerprint density at radius 3 is 2.27 bits per heavy atom. The minimum atomic E-state index is -0.540. The lowest BCUT2D eigenvalue weighted by molar-refractivity contribution is -0.142. The smallest absolute Gasteiger partial charge is 0.243 e. The molecule has 2 aromatic rings. The van der Waals surface area contributed by atoms with Crippen molar-refractivity contribution in [3.63, 3.8) is 0 Å². The van der Waals surface area contributed by atoms with Crippen LogP contribution in [0.25, 0.3) is 0 Å². The first-order chi connectivity index (χ1) is 15.6. The Labute approximate surface area is 198 Å². The predicted octanol–water partition coefficient (Wildman–Crippen LogP) is 4.67. The van der Waals surface area contributed by atoms with Crippen LogP contribution in [0, 0.1) is 6.92 Å². The third-order valence-corrected chi connectivity index (χ3v) is 5.56. The van der Waals surface area contributed by atoms with E-state index >= 15 is 0 Å². The van der Waals surface area contributed by atoms with E-state index in [0.717, 1.165) is 16.7 Å². The van der Waals surface area contributed by atoms with Crippen molar-refractivity contribution in [2.45, 2.75) is 72.0 Å². The maximum atomic E-state index is 13.5. The number of ether oxygens (including phenoxy) is 2. The lowest BCUT2D eigenvalue weighted by Gasteiger charge is -2.33. The molecule has 1 N–H and O–H groups in total. The standard InChI is InChI=1S/C27H38N2O4/c1-8-22(26(31)28-27(3,4)5)29(18-21-12-10-9-11-19(21)2)25(30)16-14-20-13-15-23(32-6)24(17-20)33-7/h9-13,15,17,22H,8,14,16,18H2,1-7H3,(H,28,31)/t22-/m1/s1. The molecule has 6 nitrogen and oxygen atoms in total. The monoisotopic (exact) mass is 454 g/mol. The average molecular weight is 455 g/mol. The van der Waals surface area contributed by atoms with Crippen LogP contribution < -0.4 is 14.8 Å². The number of benzene rings is 2. The second-order valence-corrected chi connectivity index (χ2v) is 9.30. The van der Waals surface area contributed by atoms with Crippen molar-refractivity contribution >= 4 is 11.8 Å². The number of nitrogens with zero attached hydrogens (tertiary/aromatic N) is 1. The van der Waals surface area contributed by atoms with Crippen LogP contribution in [-0.4, -0.2) is 42.5 Å². The lowest BCUT2D eigenvalue weighted by Crippen LogP contribution is -2.53. The van der Waals surface area contributed by atoms with Crippen molar-refractivity contribution < 1.29 is 19.1 Å². The molecule has 0 spiro atoms. The van der Waals surface area contributed by atoms with Crippen LogP contribution in [-0.2, 0) is 22.6 Å². The van der Waals surface area contributed by atoms with E-state index in [4.69, 9.17) is 9.47 Å². The Hall–Kier alpha value is -3.02. The second-order valence-electron chi connectivity index (χ2n) is 9.30. The number of carbonyl (C=O) groups excluding carboxylic acids is 2. The number of methoxy groups -OCH3 is 2. The third-order valence-electron chi connectivity index (χ3n) is 5.56. The first-order valence-corrected chi connectivity index (χ1v) is 11.5. The minimum Gasteiger partial charge on any atom is -0.493 e. The van der Waals surface area contributed by atoms with Crippen molar-refractivity contribution in [1.29, 1.82) is 0 Å². The van der Waals surface area contributed by atoms with Gasteiger partial charge in [0.1, 0.15) is 6.04 Å². The van der Waals surface area contributed by atoms with E-state index in [2.05, 4.69) is 5.32 Å². The maximum Gasteiger partial charge on any atom is 0.243 e. The summed E-state index contributed by atoms with van der Waals surface area (Å²) in [7, 11) is 3.19. The lowest BCUT2D eigenvalue weighted by atomic mass is 10.0. The van der Waals surface area contributed by atoms with Gasteiger partial charge in [-0.2, -0.15) is 0 Å². The number of hydrogen-bond donors (Lipinski definition) is 1. The molecule has 1 atom stereocenters. The fourth-order valence-electron chi connectivity index (χ4n) is 3.77. The summed E-state index contributed by atoms with van der Waals surface area (Å²) in [5, 5.41) is 3.04. The molecule has 2 amide bonds. The zero-order chi connectivity index (χ0) is 24.6. The van der Waals surface area contributed by atoms with Crippen LogP contribution in [0.3, 0.4) is 0 Å². The summed E-state index contributed by atoms with van der Waals surface area (Å²) in [6, 6.07) is 13.1. The molecule has 0 bridgehead atoms. The van der Waals surface area contributed by atoms with Crippen LogP contribution >= 0.6 is 0 Å². The molecule has 0 radical (unpaired) electrons. The largest absolute Gasteiger partial charge is 0.493 e. The average Bonchev–Trinajstić information content (AvgIpc) is 2.77. The molecule has 0 aromatic heterocycles. The van der Waals surface area contributed by atoms with Crippen molar-refractivity contribution in [2.75, 3.05) is 14.2 Å². The Morgan fingerprint density at radius 1 is 1.03 bits per heavy atom. The number of hydrogen-bond acceptors (Lipinski definition) is 4. The molecule has 33 heavy (non-hydrogen) atoms. The van der Waals surface area contributed by atoms with Crippen molar-refractivity contribution in [3.05, 3.63) is 59.2 Å². The van der Waals surface area contributed by atoms with Crippen LogP contribution in [0.5, 0.6) is 11.5 Å². The summed E-state index contributed by atoms with van der Waals surface area (Å²) in [5.41, 5.74) is 2.74. The van der Waals surface area contributed by atoms with Gasteiger partial charge in [-0.05, 0) is 69.4 Å². The molecule has 6 heteroatoms. The molecule has 2 aromatic carbocycles. The molecular weight excluding hydrogens is 416 g/mol. The van der Waals surface area contributed by atoms with Crippen LogP contribution in [0.1, 0.15) is 57.2 Å². The fourth-order valence-corrected chi connectivity index (χ4v) is 3.77. The van der Waals surface area contributed by atoms with Crippen LogP contribution in [0.2, 0.25) is 0 Å². The first-order valence-electron chi connectivity index (χ1n) is 11.5. The highest BCUT2D eigenvalue weighted by Gasteiger charge is 2.30. The zero-order valence-electron chi connectivity index (χ0n) is 21.0. The maximum absolute atomic E-state index is 13.5. The highest BCUT2D eigenvalue weighted by molar-refractivity contribution is 5.88. The van der Waals surface area contributed by atoms with Gasteiger partial charge in [0.25, 0.3) is 0 Å². The number of aryl methyl sites for hydroxylation is 2. The zero-order valence-corrected chi connectivity index (χ0v) is 21.0. The highest BCUT2D eigenvalue weighted by atomic mass is 16.5. The molecule has 0 aliphatic heterocycles. The number of nitrogens with one attached hydrogen (secondary N) is 1. The van der Waals surface area contributed by atoms with Crippen molar-refractivity contribution in [2.24, 2.45) is 0 Å². The normalized spacial score (nSPS) is 12.1. The quantitative estimate of drug-likeness (QED) is 0.567. The summed E-state index contributed by atoms with van der Waals surface area (Å²) in [6.07, 6.45) is 1.37. The summed E-state index contributed by atoms with van der Waals surface area (Å²) in [4.78, 5) is 28.3. The fraction of sp³-hybridized carbons (Fsp3) is 0.481. The Kier molecular flexibility index (Phi) is 9.32. The van der Waals surface area contributed by atoms with E-state index in [0.29, 0.717) is 37.3 Å².